The Balaban J connectivity index is 1.19. The highest BCUT2D eigenvalue weighted by molar-refractivity contribution is 5.94. The second-order valence-corrected chi connectivity index (χ2v) is 9.77. The van der Waals surface area contributed by atoms with E-state index in [1.807, 2.05) is 42.6 Å². The number of aromatic nitrogens is 1. The van der Waals surface area contributed by atoms with Crippen LogP contribution in [-0.4, -0.2) is 47.8 Å². The average molecular weight is 513 g/mol. The molecule has 0 radical (unpaired) electrons. The van der Waals surface area contributed by atoms with Crippen LogP contribution in [0.3, 0.4) is 0 Å². The summed E-state index contributed by atoms with van der Waals surface area (Å²) in [4.78, 5) is 14.9. The number of alkyl halides is 3. The summed E-state index contributed by atoms with van der Waals surface area (Å²) in [6, 6.07) is 15.4. The van der Waals surface area contributed by atoms with Gasteiger partial charge in [0.05, 0.1) is 23.0 Å². The van der Waals surface area contributed by atoms with Crippen molar-refractivity contribution in [3.05, 3.63) is 77.6 Å². The second-order valence-electron chi connectivity index (χ2n) is 9.77. The Morgan fingerprint density at radius 1 is 1.08 bits per heavy atom. The van der Waals surface area contributed by atoms with Crippen LogP contribution in [-0.2, 0) is 16.5 Å². The van der Waals surface area contributed by atoms with Crippen LogP contribution in [0.4, 0.5) is 13.2 Å². The molecule has 2 fully saturated rings. The first kappa shape index (κ1) is 23.9. The molecule has 3 aliphatic heterocycles. The van der Waals surface area contributed by atoms with Crippen LogP contribution in [0.5, 0.6) is 11.5 Å². The Labute approximate surface area is 212 Å². The van der Waals surface area contributed by atoms with E-state index in [2.05, 4.69) is 4.57 Å². The van der Waals surface area contributed by atoms with Gasteiger partial charge >= 0.3 is 6.18 Å². The summed E-state index contributed by atoms with van der Waals surface area (Å²) in [5.74, 6) is 0.0594. The molecule has 0 N–H and O–H groups in total. The first-order valence-electron chi connectivity index (χ1n) is 12.6. The van der Waals surface area contributed by atoms with Crippen molar-refractivity contribution in [1.29, 1.82) is 0 Å². The van der Waals surface area contributed by atoms with Crippen LogP contribution in [0.15, 0.2) is 60.8 Å². The number of piperidine rings is 1. The van der Waals surface area contributed by atoms with E-state index in [9.17, 15) is 18.0 Å². The maximum atomic E-state index is 13.8. The molecule has 6 nitrogen and oxygen atoms in total. The van der Waals surface area contributed by atoms with E-state index < -0.39 is 23.2 Å². The van der Waals surface area contributed by atoms with Crippen LogP contribution in [0, 0.1) is 0 Å². The maximum absolute atomic E-state index is 13.8. The van der Waals surface area contributed by atoms with Gasteiger partial charge in [-0.25, -0.2) is 0 Å². The monoisotopic (exact) mass is 512 g/mol. The number of hydrogen-bond acceptors (Lipinski definition) is 4. The van der Waals surface area contributed by atoms with Gasteiger partial charge in [-0.3, -0.25) is 4.79 Å². The normalized spacial score (nSPS) is 20.3. The van der Waals surface area contributed by atoms with E-state index in [1.165, 1.54) is 12.1 Å². The topological polar surface area (TPSA) is 52.9 Å². The molecule has 2 saturated heterocycles. The third-order valence-electron chi connectivity index (χ3n) is 7.48. The van der Waals surface area contributed by atoms with Gasteiger partial charge in [0.2, 0.25) is 0 Å². The number of carbonyl (C=O) groups excluding carboxylic acids is 1. The minimum Gasteiger partial charge on any atom is -0.490 e. The van der Waals surface area contributed by atoms with Gasteiger partial charge in [-0.05, 0) is 55.3 Å². The molecule has 1 atom stereocenters. The quantitative estimate of drug-likeness (QED) is 0.458. The van der Waals surface area contributed by atoms with Crippen molar-refractivity contribution >= 4 is 5.91 Å². The van der Waals surface area contributed by atoms with E-state index >= 15 is 0 Å². The number of likely N-dealkylation sites (tertiary alicyclic amines) is 1. The van der Waals surface area contributed by atoms with Crippen LogP contribution in [0.25, 0.3) is 5.69 Å². The predicted molar refractivity (Wildman–Crippen MR) is 129 cm³/mol. The average Bonchev–Trinajstić information content (AvgIpc) is 3.60. The Bertz CT molecular complexity index is 1300. The number of halogens is 3. The smallest absolute Gasteiger partial charge is 0.419 e. The molecular weight excluding hydrogens is 485 g/mol. The summed E-state index contributed by atoms with van der Waals surface area (Å²) in [5, 5.41) is 0. The predicted octanol–water partition coefficient (Wildman–Crippen LogP) is 5.58. The number of ether oxygens (including phenoxy) is 3. The molecule has 37 heavy (non-hydrogen) atoms. The highest BCUT2D eigenvalue weighted by atomic mass is 19.4. The molecule has 1 unspecified atom stereocenters. The molecule has 2 aromatic carbocycles. The van der Waals surface area contributed by atoms with E-state index in [0.717, 1.165) is 36.0 Å². The fraction of sp³-hybridized carbons (Fsp3) is 0.393. The lowest BCUT2D eigenvalue weighted by Crippen LogP contribution is -2.50. The molecule has 1 spiro atoms. The van der Waals surface area contributed by atoms with Crippen molar-refractivity contribution in [1.82, 2.24) is 9.47 Å². The summed E-state index contributed by atoms with van der Waals surface area (Å²) in [6.45, 7) is 1.37. The minimum absolute atomic E-state index is 0.00831. The SMILES string of the molecule is O=C(c1ccc(OCC2CCCO2)c(C(F)(F)F)c1)N1CCC2(CC1)Oc1ccccc1-n1cccc12. The highest BCUT2D eigenvalue weighted by Crippen LogP contribution is 2.45. The first-order valence-corrected chi connectivity index (χ1v) is 12.6. The number of nitrogens with zero attached hydrogens (tertiary/aromatic N) is 2. The number of benzene rings is 2. The van der Waals surface area contributed by atoms with Gasteiger partial charge in [-0.1, -0.05) is 12.1 Å². The summed E-state index contributed by atoms with van der Waals surface area (Å²) in [6.07, 6.45) is -0.168. The van der Waals surface area contributed by atoms with E-state index in [0.29, 0.717) is 32.5 Å². The Morgan fingerprint density at radius 3 is 2.65 bits per heavy atom. The van der Waals surface area contributed by atoms with Crippen LogP contribution >= 0.6 is 0 Å². The molecule has 1 amide bonds. The van der Waals surface area contributed by atoms with E-state index in [-0.39, 0.29) is 24.0 Å². The fourth-order valence-corrected chi connectivity index (χ4v) is 5.55. The lowest BCUT2D eigenvalue weighted by molar-refractivity contribution is -0.139. The summed E-state index contributed by atoms with van der Waals surface area (Å²) < 4.78 is 61.1. The van der Waals surface area contributed by atoms with Gasteiger partial charge in [0, 0.05) is 44.3 Å². The lowest BCUT2D eigenvalue weighted by atomic mass is 9.86. The summed E-state index contributed by atoms with van der Waals surface area (Å²) in [7, 11) is 0. The van der Waals surface area contributed by atoms with Crippen LogP contribution in [0.1, 0.15) is 47.3 Å². The number of para-hydroxylation sites is 2. The zero-order valence-electron chi connectivity index (χ0n) is 20.2. The number of amides is 1. The maximum Gasteiger partial charge on any atom is 0.419 e. The third kappa shape index (κ3) is 4.35. The second kappa shape index (κ2) is 9.13. The van der Waals surface area contributed by atoms with Crippen molar-refractivity contribution in [2.45, 2.75) is 43.6 Å². The summed E-state index contributed by atoms with van der Waals surface area (Å²) in [5.41, 5.74) is 0.436. The molecule has 3 aromatic rings. The first-order chi connectivity index (χ1) is 17.8. The Kier molecular flexibility index (Phi) is 5.90. The Hall–Kier alpha value is -3.46. The van der Waals surface area contributed by atoms with Crippen molar-refractivity contribution < 1.29 is 32.2 Å². The zero-order chi connectivity index (χ0) is 25.6. The zero-order valence-corrected chi connectivity index (χ0v) is 20.2. The fourth-order valence-electron chi connectivity index (χ4n) is 5.55. The van der Waals surface area contributed by atoms with Crippen molar-refractivity contribution in [2.24, 2.45) is 0 Å². The highest BCUT2D eigenvalue weighted by Gasteiger charge is 2.45. The van der Waals surface area contributed by atoms with Gasteiger partial charge in [-0.15, -0.1) is 0 Å². The number of rotatable bonds is 4. The molecule has 9 heteroatoms. The largest absolute Gasteiger partial charge is 0.490 e. The molecule has 3 aliphatic rings. The molecular formula is C28H27F3N2O4. The molecule has 4 heterocycles. The van der Waals surface area contributed by atoms with E-state index in [4.69, 9.17) is 14.2 Å². The molecule has 1 aromatic heterocycles. The van der Waals surface area contributed by atoms with Crippen LogP contribution < -0.4 is 9.47 Å². The van der Waals surface area contributed by atoms with E-state index in [1.54, 1.807) is 4.90 Å². The van der Waals surface area contributed by atoms with Gasteiger partial charge in [0.1, 0.15) is 18.1 Å². The number of fused-ring (bicyclic) bond motifs is 4. The number of hydrogen-bond donors (Lipinski definition) is 0. The van der Waals surface area contributed by atoms with Gasteiger partial charge in [0.25, 0.3) is 5.91 Å². The molecule has 0 saturated carbocycles. The standard InChI is InChI=1S/C28H27F3N2O4/c29-28(30,31)21-17-19(9-10-23(21)36-18-20-5-4-16-35-20)26(34)32-14-11-27(12-15-32)25-8-3-13-33(25)22-6-1-2-7-24(22)37-27/h1-3,6-10,13,17,20H,4-5,11-12,14-16,18H2. The van der Waals surface area contributed by atoms with Crippen LogP contribution in [0.2, 0.25) is 0 Å². The van der Waals surface area contributed by atoms with Gasteiger partial charge in [-0.2, -0.15) is 13.2 Å². The Morgan fingerprint density at radius 2 is 1.89 bits per heavy atom. The lowest BCUT2D eigenvalue weighted by Gasteiger charge is -2.45. The molecule has 0 bridgehead atoms. The molecule has 6 rings (SSSR count). The number of carbonyl (C=O) groups is 1. The van der Waals surface area contributed by atoms with Crippen molar-refractivity contribution in [3.63, 3.8) is 0 Å². The van der Waals surface area contributed by atoms with Crippen molar-refractivity contribution in [3.8, 4) is 17.2 Å². The van der Waals surface area contributed by atoms with Gasteiger partial charge < -0.3 is 23.7 Å². The summed E-state index contributed by atoms with van der Waals surface area (Å²) >= 11 is 0. The molecule has 194 valence electrons. The van der Waals surface area contributed by atoms with Crippen molar-refractivity contribution in [2.75, 3.05) is 26.3 Å². The molecule has 0 aliphatic carbocycles. The third-order valence-corrected chi connectivity index (χ3v) is 7.48. The van der Waals surface area contributed by atoms with Gasteiger partial charge in [0.15, 0.2) is 5.60 Å². The minimum atomic E-state index is -4.65.